The minimum absolute atomic E-state index is 0.261. The summed E-state index contributed by atoms with van der Waals surface area (Å²) >= 11 is 6.02. The Balaban J connectivity index is 2.55. The zero-order valence-corrected chi connectivity index (χ0v) is 12.6. The quantitative estimate of drug-likeness (QED) is 0.777. The Morgan fingerprint density at radius 2 is 1.85 bits per heavy atom. The Labute approximate surface area is 122 Å². The van der Waals surface area contributed by atoms with Gasteiger partial charge in [0.05, 0.1) is 12.8 Å². The molecule has 2 aromatic rings. The predicted molar refractivity (Wildman–Crippen MR) is 77.7 cm³/mol. The molecule has 1 heterocycles. The third kappa shape index (κ3) is 3.07. The van der Waals surface area contributed by atoms with Gasteiger partial charge in [-0.05, 0) is 12.1 Å². The third-order valence-corrected chi connectivity index (χ3v) is 3.01. The highest BCUT2D eigenvalue weighted by atomic mass is 35.5. The van der Waals surface area contributed by atoms with E-state index in [1.165, 1.54) is 13.2 Å². The Morgan fingerprint density at radius 1 is 1.15 bits per heavy atom. The molecule has 3 nitrogen and oxygen atoms in total. The van der Waals surface area contributed by atoms with Crippen LogP contribution >= 0.6 is 11.6 Å². The number of rotatable bonds is 2. The molecule has 0 saturated carbocycles. The summed E-state index contributed by atoms with van der Waals surface area (Å²) in [5.74, 6) is 0.636. The molecule has 0 aliphatic rings. The molecule has 106 valence electrons. The predicted octanol–water partition coefficient (Wildman–Crippen LogP) is 4.24. The highest BCUT2D eigenvalue weighted by Gasteiger charge is 2.20. The van der Waals surface area contributed by atoms with Gasteiger partial charge in [0.1, 0.15) is 22.5 Å². The van der Waals surface area contributed by atoms with E-state index in [9.17, 15) is 4.39 Å². The molecule has 0 N–H and O–H groups in total. The van der Waals surface area contributed by atoms with E-state index in [2.05, 4.69) is 9.97 Å². The lowest BCUT2D eigenvalue weighted by Crippen LogP contribution is -2.16. The van der Waals surface area contributed by atoms with Crippen LogP contribution in [0.15, 0.2) is 24.3 Å². The molecule has 1 aromatic carbocycles. The number of hydrogen-bond donors (Lipinski definition) is 0. The first kappa shape index (κ1) is 14.7. The van der Waals surface area contributed by atoms with Crippen molar-refractivity contribution in [1.29, 1.82) is 0 Å². The highest BCUT2D eigenvalue weighted by molar-refractivity contribution is 6.29. The van der Waals surface area contributed by atoms with E-state index in [0.29, 0.717) is 28.0 Å². The van der Waals surface area contributed by atoms with Crippen LogP contribution in [0, 0.1) is 5.82 Å². The summed E-state index contributed by atoms with van der Waals surface area (Å²) in [5, 5.41) is 0.301. The first-order valence-electron chi connectivity index (χ1n) is 6.20. The topological polar surface area (TPSA) is 35.0 Å². The smallest absolute Gasteiger partial charge is 0.136 e. The lowest BCUT2D eigenvalue weighted by molar-refractivity contribution is 0.411. The number of hydrogen-bond acceptors (Lipinski definition) is 3. The molecular weight excluding hydrogens is 279 g/mol. The van der Waals surface area contributed by atoms with Gasteiger partial charge in [0.25, 0.3) is 0 Å². The number of benzene rings is 1. The average Bonchev–Trinajstić information content (AvgIpc) is 2.36. The van der Waals surface area contributed by atoms with E-state index in [0.717, 1.165) is 0 Å². The van der Waals surface area contributed by atoms with E-state index in [-0.39, 0.29) is 5.41 Å². The fraction of sp³-hybridized carbons (Fsp3) is 0.333. The summed E-state index contributed by atoms with van der Waals surface area (Å²) in [6.07, 6.45) is 0. The van der Waals surface area contributed by atoms with E-state index in [1.54, 1.807) is 18.2 Å². The maximum atomic E-state index is 14.1. The molecule has 0 aliphatic carbocycles. The normalized spacial score (nSPS) is 11.5. The molecule has 0 spiro atoms. The number of nitrogens with zero attached hydrogens (tertiary/aromatic N) is 2. The van der Waals surface area contributed by atoms with Crippen molar-refractivity contribution in [1.82, 2.24) is 9.97 Å². The van der Waals surface area contributed by atoms with Gasteiger partial charge < -0.3 is 4.74 Å². The van der Waals surface area contributed by atoms with Gasteiger partial charge in [0.2, 0.25) is 0 Å². The average molecular weight is 295 g/mol. The lowest BCUT2D eigenvalue weighted by atomic mass is 9.95. The van der Waals surface area contributed by atoms with Gasteiger partial charge in [-0.3, -0.25) is 0 Å². The summed E-state index contributed by atoms with van der Waals surface area (Å²) in [4.78, 5) is 8.62. The molecule has 20 heavy (non-hydrogen) atoms. The molecule has 0 bridgehead atoms. The summed E-state index contributed by atoms with van der Waals surface area (Å²) in [7, 11) is 1.49. The first-order chi connectivity index (χ1) is 9.31. The second-order valence-corrected chi connectivity index (χ2v) is 5.88. The number of ether oxygens (including phenoxy) is 1. The minimum Gasteiger partial charge on any atom is -0.497 e. The summed E-state index contributed by atoms with van der Waals surface area (Å²) in [5.41, 5.74) is 0.582. The van der Waals surface area contributed by atoms with Gasteiger partial charge in [-0.1, -0.05) is 32.4 Å². The number of methoxy groups -OCH3 is 1. The Kier molecular flexibility index (Phi) is 3.95. The molecular formula is C15H16ClFN2O. The molecule has 0 atom stereocenters. The van der Waals surface area contributed by atoms with Crippen LogP contribution in [0.1, 0.15) is 26.6 Å². The molecule has 0 radical (unpaired) electrons. The Morgan fingerprint density at radius 3 is 2.40 bits per heavy atom. The second kappa shape index (κ2) is 5.37. The van der Waals surface area contributed by atoms with E-state index >= 15 is 0 Å². The van der Waals surface area contributed by atoms with Crippen LogP contribution in [0.25, 0.3) is 11.3 Å². The maximum Gasteiger partial charge on any atom is 0.136 e. The maximum absolute atomic E-state index is 14.1. The third-order valence-electron chi connectivity index (χ3n) is 2.82. The monoisotopic (exact) mass is 294 g/mol. The zero-order valence-electron chi connectivity index (χ0n) is 11.9. The van der Waals surface area contributed by atoms with Gasteiger partial charge in [0, 0.05) is 23.1 Å². The van der Waals surface area contributed by atoms with Gasteiger partial charge in [0.15, 0.2) is 0 Å². The van der Waals surface area contributed by atoms with Crippen molar-refractivity contribution in [3.63, 3.8) is 0 Å². The summed E-state index contributed by atoms with van der Waals surface area (Å²) in [6, 6.07) is 6.19. The molecule has 5 heteroatoms. The number of halogens is 2. The van der Waals surface area contributed by atoms with Crippen molar-refractivity contribution in [2.24, 2.45) is 0 Å². The molecule has 2 rings (SSSR count). The van der Waals surface area contributed by atoms with Crippen LogP contribution in [0.5, 0.6) is 5.75 Å². The Bertz CT molecular complexity index is 638. The molecule has 0 amide bonds. The molecule has 0 unspecified atom stereocenters. The minimum atomic E-state index is -0.404. The first-order valence-corrected chi connectivity index (χ1v) is 6.58. The van der Waals surface area contributed by atoms with Crippen molar-refractivity contribution in [3.8, 4) is 17.0 Å². The summed E-state index contributed by atoms with van der Waals surface area (Å²) < 4.78 is 19.1. The van der Waals surface area contributed by atoms with E-state index < -0.39 is 5.82 Å². The Hall–Kier alpha value is -1.68. The summed E-state index contributed by atoms with van der Waals surface area (Å²) in [6.45, 7) is 5.94. The van der Waals surface area contributed by atoms with Crippen LogP contribution in [0.3, 0.4) is 0 Å². The van der Waals surface area contributed by atoms with Crippen molar-refractivity contribution in [2.75, 3.05) is 7.11 Å². The van der Waals surface area contributed by atoms with Crippen LogP contribution in [-0.4, -0.2) is 17.1 Å². The molecule has 1 aromatic heterocycles. The molecule has 0 saturated heterocycles. The van der Waals surface area contributed by atoms with Crippen molar-refractivity contribution < 1.29 is 9.13 Å². The fourth-order valence-electron chi connectivity index (χ4n) is 1.72. The van der Waals surface area contributed by atoms with Crippen LogP contribution in [0.2, 0.25) is 5.15 Å². The van der Waals surface area contributed by atoms with Gasteiger partial charge in [-0.15, -0.1) is 0 Å². The van der Waals surface area contributed by atoms with Crippen LogP contribution in [-0.2, 0) is 5.41 Å². The highest BCUT2D eigenvalue weighted by Crippen LogP contribution is 2.28. The molecule has 0 aliphatic heterocycles. The van der Waals surface area contributed by atoms with Crippen molar-refractivity contribution in [2.45, 2.75) is 26.2 Å². The van der Waals surface area contributed by atoms with Crippen molar-refractivity contribution in [3.05, 3.63) is 41.1 Å². The SMILES string of the molecule is COc1ccc(-c2cc(Cl)nc(C(C)(C)C)n2)c(F)c1. The van der Waals surface area contributed by atoms with Crippen molar-refractivity contribution >= 4 is 11.6 Å². The lowest BCUT2D eigenvalue weighted by Gasteiger charge is -2.17. The van der Waals surface area contributed by atoms with E-state index in [1.807, 2.05) is 20.8 Å². The van der Waals surface area contributed by atoms with Gasteiger partial charge >= 0.3 is 0 Å². The largest absolute Gasteiger partial charge is 0.497 e. The zero-order chi connectivity index (χ0) is 14.9. The fourth-order valence-corrected chi connectivity index (χ4v) is 1.90. The second-order valence-electron chi connectivity index (χ2n) is 5.50. The number of aromatic nitrogens is 2. The van der Waals surface area contributed by atoms with Crippen LogP contribution in [0.4, 0.5) is 4.39 Å². The standard InChI is InChI=1S/C15H16ClFN2O/c1-15(2,3)14-18-12(8-13(16)19-14)10-6-5-9(20-4)7-11(10)17/h5-8H,1-4H3. The van der Waals surface area contributed by atoms with E-state index in [4.69, 9.17) is 16.3 Å². The molecule has 0 fully saturated rings. The van der Waals surface area contributed by atoms with Gasteiger partial charge in [-0.25, -0.2) is 14.4 Å². The van der Waals surface area contributed by atoms with Crippen LogP contribution < -0.4 is 4.74 Å². The van der Waals surface area contributed by atoms with Gasteiger partial charge in [-0.2, -0.15) is 0 Å².